The van der Waals surface area contributed by atoms with Crippen LogP contribution in [-0.2, 0) is 11.3 Å². The fourth-order valence-corrected chi connectivity index (χ4v) is 4.35. The highest BCUT2D eigenvalue weighted by molar-refractivity contribution is 9.10. The van der Waals surface area contributed by atoms with Gasteiger partial charge in [0.2, 0.25) is 11.8 Å². The number of oxazole rings is 1. The van der Waals surface area contributed by atoms with E-state index in [9.17, 15) is 14.4 Å². The molecule has 2 fully saturated rings. The van der Waals surface area contributed by atoms with E-state index >= 15 is 0 Å². The van der Waals surface area contributed by atoms with Gasteiger partial charge in [-0.2, -0.15) is 0 Å². The number of fused-ring (bicyclic) bond motifs is 3. The van der Waals surface area contributed by atoms with Gasteiger partial charge in [0.25, 0.3) is 5.56 Å². The van der Waals surface area contributed by atoms with Crippen LogP contribution in [0.5, 0.6) is 0 Å². The molecule has 0 unspecified atom stereocenters. The molecular weight excluding hydrogens is 456 g/mol. The number of rotatable bonds is 3. The van der Waals surface area contributed by atoms with E-state index in [4.69, 9.17) is 9.52 Å². The Balaban J connectivity index is 1.58. The van der Waals surface area contributed by atoms with Crippen molar-refractivity contribution >= 4 is 49.9 Å². The first-order valence-electron chi connectivity index (χ1n) is 9.73. The van der Waals surface area contributed by atoms with Gasteiger partial charge in [-0.25, -0.2) is 9.78 Å². The van der Waals surface area contributed by atoms with Crippen molar-refractivity contribution in [2.75, 3.05) is 19.6 Å². The van der Waals surface area contributed by atoms with Crippen LogP contribution in [0.2, 0.25) is 0 Å². The van der Waals surface area contributed by atoms with Crippen molar-refractivity contribution in [3.8, 4) is 0 Å². The predicted molar refractivity (Wildman–Crippen MR) is 111 cm³/mol. The standard InChI is InChI=1S/C20H19BrN4O5/c1-10-13(21)5-4-12-17(10)25(11-2-3-11)19(27)16-18(12)30-14(22-16)8-23-6-7-24(20(28)29)9-15(23)26/h4-5,11H,2-3,6-9H2,1H3,(H,28,29). The number of carbonyl (C=O) groups is 2. The van der Waals surface area contributed by atoms with Crippen molar-refractivity contribution in [1.29, 1.82) is 0 Å². The van der Waals surface area contributed by atoms with Gasteiger partial charge in [0.1, 0.15) is 6.54 Å². The number of nitrogens with zero attached hydrogens (tertiary/aromatic N) is 4. The van der Waals surface area contributed by atoms with Gasteiger partial charge in [0.15, 0.2) is 11.1 Å². The molecule has 30 heavy (non-hydrogen) atoms. The van der Waals surface area contributed by atoms with E-state index in [-0.39, 0.29) is 55.1 Å². The van der Waals surface area contributed by atoms with Gasteiger partial charge in [-0.1, -0.05) is 15.9 Å². The Morgan fingerprint density at radius 2 is 2.07 bits per heavy atom. The number of hydrogen-bond acceptors (Lipinski definition) is 5. The van der Waals surface area contributed by atoms with Crippen LogP contribution in [0.25, 0.3) is 22.0 Å². The van der Waals surface area contributed by atoms with Crippen LogP contribution in [-0.4, -0.2) is 56.1 Å². The van der Waals surface area contributed by atoms with Gasteiger partial charge < -0.3 is 19.0 Å². The molecule has 0 radical (unpaired) electrons. The molecule has 1 saturated carbocycles. The average Bonchev–Trinajstić information content (AvgIpc) is 3.45. The average molecular weight is 475 g/mol. The second-order valence-electron chi connectivity index (χ2n) is 7.78. The summed E-state index contributed by atoms with van der Waals surface area (Å²) in [5.41, 5.74) is 2.32. The van der Waals surface area contributed by atoms with Crippen LogP contribution in [0.1, 0.15) is 30.3 Å². The summed E-state index contributed by atoms with van der Waals surface area (Å²) in [5, 5.41) is 9.88. The number of carboxylic acid groups (broad SMARTS) is 1. The summed E-state index contributed by atoms with van der Waals surface area (Å²) >= 11 is 3.55. The van der Waals surface area contributed by atoms with Crippen molar-refractivity contribution in [1.82, 2.24) is 19.4 Å². The monoisotopic (exact) mass is 474 g/mol. The smallest absolute Gasteiger partial charge is 0.407 e. The van der Waals surface area contributed by atoms with Crippen molar-refractivity contribution in [3.63, 3.8) is 0 Å². The fourth-order valence-electron chi connectivity index (χ4n) is 4.03. The number of aromatic nitrogens is 2. The van der Waals surface area contributed by atoms with Gasteiger partial charge >= 0.3 is 6.09 Å². The summed E-state index contributed by atoms with van der Waals surface area (Å²) in [6.45, 7) is 2.35. The number of piperazine rings is 1. The molecule has 2 aromatic heterocycles. The summed E-state index contributed by atoms with van der Waals surface area (Å²) in [6.07, 6.45) is 0.803. The van der Waals surface area contributed by atoms with E-state index in [2.05, 4.69) is 20.9 Å². The van der Waals surface area contributed by atoms with Crippen LogP contribution in [0, 0.1) is 6.92 Å². The molecule has 1 N–H and O–H groups in total. The molecule has 2 aliphatic rings. The summed E-state index contributed by atoms with van der Waals surface area (Å²) in [5.74, 6) is -0.0411. The molecule has 0 spiro atoms. The van der Waals surface area contributed by atoms with Gasteiger partial charge in [0.05, 0.1) is 12.1 Å². The van der Waals surface area contributed by atoms with Gasteiger partial charge in [-0.3, -0.25) is 14.5 Å². The molecule has 0 bridgehead atoms. The zero-order valence-corrected chi connectivity index (χ0v) is 17.8. The van der Waals surface area contributed by atoms with Gasteiger partial charge in [-0.15, -0.1) is 0 Å². The first-order chi connectivity index (χ1) is 14.3. The number of aryl methyl sites for hydroxylation is 1. The SMILES string of the molecule is Cc1c(Br)ccc2c3oc(CN4CCN(C(=O)O)CC4=O)nc3c(=O)n(C3CC3)c12. The molecular formula is C20H19BrN4O5. The Hall–Kier alpha value is -2.88. The third-order valence-electron chi connectivity index (χ3n) is 5.77. The number of halogens is 1. The normalized spacial score (nSPS) is 17.3. The summed E-state index contributed by atoms with van der Waals surface area (Å²) in [7, 11) is 0. The fraction of sp³-hybridized carbons (Fsp3) is 0.400. The minimum atomic E-state index is -1.11. The molecule has 1 aliphatic carbocycles. The number of pyridine rings is 1. The summed E-state index contributed by atoms with van der Waals surface area (Å²) in [4.78, 5) is 43.7. The van der Waals surface area contributed by atoms with E-state index < -0.39 is 6.09 Å². The first kappa shape index (κ1) is 19.1. The topological polar surface area (TPSA) is 109 Å². The Kier molecular flexibility index (Phi) is 4.35. The van der Waals surface area contributed by atoms with Gasteiger partial charge in [-0.05, 0) is 37.5 Å². The van der Waals surface area contributed by atoms with Crippen LogP contribution < -0.4 is 5.56 Å². The molecule has 1 aromatic carbocycles. The maximum Gasteiger partial charge on any atom is 0.407 e. The van der Waals surface area contributed by atoms with E-state index in [1.807, 2.05) is 23.6 Å². The molecule has 10 heteroatoms. The van der Waals surface area contributed by atoms with E-state index in [1.54, 1.807) is 0 Å². The van der Waals surface area contributed by atoms with Crippen LogP contribution >= 0.6 is 15.9 Å². The second-order valence-corrected chi connectivity index (χ2v) is 8.63. The molecule has 0 atom stereocenters. The highest BCUT2D eigenvalue weighted by atomic mass is 79.9. The Morgan fingerprint density at radius 3 is 2.73 bits per heavy atom. The lowest BCUT2D eigenvalue weighted by Crippen LogP contribution is -2.51. The minimum absolute atomic E-state index is 0.0981. The van der Waals surface area contributed by atoms with Crippen molar-refractivity contribution in [2.24, 2.45) is 0 Å². The van der Waals surface area contributed by atoms with Crippen LogP contribution in [0.15, 0.2) is 25.8 Å². The maximum atomic E-state index is 13.2. The van der Waals surface area contributed by atoms with Crippen LogP contribution in [0.4, 0.5) is 4.79 Å². The number of amides is 2. The minimum Gasteiger partial charge on any atom is -0.465 e. The largest absolute Gasteiger partial charge is 0.465 e. The van der Waals surface area contributed by atoms with E-state index in [0.29, 0.717) is 5.58 Å². The lowest BCUT2D eigenvalue weighted by molar-refractivity contribution is -0.136. The highest BCUT2D eigenvalue weighted by Gasteiger charge is 2.31. The van der Waals surface area contributed by atoms with Crippen molar-refractivity contribution in [3.05, 3.63) is 38.4 Å². The molecule has 3 aromatic rings. The lowest BCUT2D eigenvalue weighted by atomic mass is 10.1. The quantitative estimate of drug-likeness (QED) is 0.624. The number of carbonyl (C=O) groups excluding carboxylic acids is 1. The molecule has 2 amide bonds. The molecule has 5 rings (SSSR count). The zero-order valence-electron chi connectivity index (χ0n) is 16.2. The third-order valence-corrected chi connectivity index (χ3v) is 6.63. The molecule has 156 valence electrons. The van der Waals surface area contributed by atoms with Crippen molar-refractivity contribution < 1.29 is 19.1 Å². The van der Waals surface area contributed by atoms with E-state index in [1.165, 1.54) is 4.90 Å². The third kappa shape index (κ3) is 2.97. The Bertz CT molecular complexity index is 1280. The van der Waals surface area contributed by atoms with E-state index in [0.717, 1.165) is 38.7 Å². The molecule has 1 saturated heterocycles. The maximum absolute atomic E-state index is 13.2. The van der Waals surface area contributed by atoms with Crippen molar-refractivity contribution in [2.45, 2.75) is 32.4 Å². The highest BCUT2D eigenvalue weighted by Crippen LogP contribution is 2.39. The molecule has 3 heterocycles. The second kappa shape index (κ2) is 6.83. The van der Waals surface area contributed by atoms with Crippen LogP contribution in [0.3, 0.4) is 0 Å². The van der Waals surface area contributed by atoms with Gasteiger partial charge in [0, 0.05) is 29.0 Å². The Labute approximate surface area is 179 Å². The first-order valence-corrected chi connectivity index (χ1v) is 10.5. The molecule has 1 aliphatic heterocycles. The molecule has 9 nitrogen and oxygen atoms in total. The zero-order chi connectivity index (χ0) is 21.2. The Morgan fingerprint density at radius 1 is 1.30 bits per heavy atom. The predicted octanol–water partition coefficient (Wildman–Crippen LogP) is 2.87. The lowest BCUT2D eigenvalue weighted by Gasteiger charge is -2.31. The summed E-state index contributed by atoms with van der Waals surface area (Å²) in [6, 6.07) is 4.01. The number of hydrogen-bond donors (Lipinski definition) is 1. The summed E-state index contributed by atoms with van der Waals surface area (Å²) < 4.78 is 8.72. The number of benzene rings is 1.